The number of hydrogen-bond acceptors (Lipinski definition) is 3. The summed E-state index contributed by atoms with van der Waals surface area (Å²) in [6.45, 7) is 2.48. The van der Waals surface area contributed by atoms with Crippen molar-refractivity contribution in [1.82, 2.24) is 0 Å². The molecule has 33 heavy (non-hydrogen) atoms. The quantitative estimate of drug-likeness (QED) is 0.178. The number of quaternary nitrogens is 1. The third-order valence-corrected chi connectivity index (χ3v) is 8.02. The molecular weight excluding hydrogens is 440 g/mol. The monoisotopic (exact) mass is 481 g/mol. The maximum atomic E-state index is 8.23. The van der Waals surface area contributed by atoms with Gasteiger partial charge in [0.2, 0.25) is 0 Å². The van der Waals surface area contributed by atoms with Crippen molar-refractivity contribution < 1.29 is 5.32 Å². The van der Waals surface area contributed by atoms with E-state index in [0.717, 1.165) is 23.0 Å². The highest BCUT2D eigenvalue weighted by atomic mass is 32.2. The van der Waals surface area contributed by atoms with Gasteiger partial charge in [-0.25, -0.2) is 0 Å². The van der Waals surface area contributed by atoms with E-state index in [1.807, 2.05) is 12.2 Å². The Morgan fingerprint density at radius 2 is 1.67 bits per heavy atom. The first kappa shape index (κ1) is 26.1. The molecule has 2 aliphatic rings. The van der Waals surface area contributed by atoms with Crippen molar-refractivity contribution in [1.29, 1.82) is 5.41 Å². The molecule has 4 heteroatoms. The summed E-state index contributed by atoms with van der Waals surface area (Å²) in [5.74, 6) is 1.87. The first-order valence-electron chi connectivity index (χ1n) is 12.9. The minimum atomic E-state index is 0.639. The highest BCUT2D eigenvalue weighted by Crippen LogP contribution is 2.25. The number of nitrogens with two attached hydrogens (primary N) is 1. The van der Waals surface area contributed by atoms with Gasteiger partial charge in [0.15, 0.2) is 0 Å². The normalized spacial score (nSPS) is 20.1. The van der Waals surface area contributed by atoms with E-state index < -0.39 is 0 Å². The Balaban J connectivity index is 1.37. The standard InChI is InChI=1S/C29H40N2S2/c30-29(33-23-27-8-4-2-1-3-5-9-27)18-17-28(32)12-6-10-24-13-15-26(16-14-24)22-25-11-7-20-31-21-19-25/h6,10,13-18,22,27,30-31H,1-5,7-9,11-12,19-21,23H2/p+1. The fourth-order valence-electron chi connectivity index (χ4n) is 4.62. The van der Waals surface area contributed by atoms with E-state index in [2.05, 4.69) is 47.8 Å². The van der Waals surface area contributed by atoms with Crippen LogP contribution in [0.25, 0.3) is 12.2 Å². The molecule has 0 aromatic heterocycles. The van der Waals surface area contributed by atoms with Gasteiger partial charge in [-0.15, -0.1) is 11.8 Å². The second kappa shape index (κ2) is 15.4. The average Bonchev–Trinajstić information content (AvgIpc) is 3.07. The van der Waals surface area contributed by atoms with Crippen molar-refractivity contribution in [2.24, 2.45) is 5.92 Å². The van der Waals surface area contributed by atoms with E-state index in [-0.39, 0.29) is 0 Å². The molecule has 1 aliphatic heterocycles. The maximum absolute atomic E-state index is 8.23. The molecule has 1 saturated carbocycles. The predicted molar refractivity (Wildman–Crippen MR) is 151 cm³/mol. The Morgan fingerprint density at radius 1 is 0.939 bits per heavy atom. The third kappa shape index (κ3) is 11.0. The number of rotatable bonds is 8. The molecule has 0 radical (unpaired) electrons. The van der Waals surface area contributed by atoms with E-state index in [4.69, 9.17) is 17.6 Å². The molecule has 0 amide bonds. The van der Waals surface area contributed by atoms with Crippen LogP contribution in [0, 0.1) is 11.3 Å². The predicted octanol–water partition coefficient (Wildman–Crippen LogP) is 7.22. The largest absolute Gasteiger partial charge is 0.346 e. The van der Waals surface area contributed by atoms with Gasteiger partial charge in [-0.2, -0.15) is 0 Å². The van der Waals surface area contributed by atoms with Gasteiger partial charge in [0, 0.05) is 29.9 Å². The minimum absolute atomic E-state index is 0.639. The summed E-state index contributed by atoms with van der Waals surface area (Å²) in [4.78, 5) is 0.883. The molecule has 2 fully saturated rings. The number of allylic oxidation sites excluding steroid dienone is 2. The average molecular weight is 482 g/mol. The van der Waals surface area contributed by atoms with Gasteiger partial charge in [-0.1, -0.05) is 92.4 Å². The van der Waals surface area contributed by atoms with Gasteiger partial charge >= 0.3 is 0 Å². The number of thioether (sulfide) groups is 1. The van der Waals surface area contributed by atoms with Gasteiger partial charge < -0.3 is 5.32 Å². The van der Waals surface area contributed by atoms with E-state index >= 15 is 0 Å². The summed E-state index contributed by atoms with van der Waals surface area (Å²) in [5, 5.41) is 11.3. The first-order chi connectivity index (χ1) is 16.2. The van der Waals surface area contributed by atoms with Crippen LogP contribution >= 0.6 is 24.0 Å². The van der Waals surface area contributed by atoms with Crippen LogP contribution in [0.1, 0.15) is 81.8 Å². The van der Waals surface area contributed by atoms with Crippen molar-refractivity contribution in [3.63, 3.8) is 0 Å². The summed E-state index contributed by atoms with van der Waals surface area (Å²) < 4.78 is 0. The second-order valence-electron chi connectivity index (χ2n) is 9.48. The van der Waals surface area contributed by atoms with Crippen LogP contribution in [0.3, 0.4) is 0 Å². The fraction of sp³-hybridized carbons (Fsp3) is 0.517. The number of nitrogens with one attached hydrogen (secondary N) is 1. The Kier molecular flexibility index (Phi) is 12.2. The molecule has 178 valence electrons. The zero-order valence-electron chi connectivity index (χ0n) is 20.1. The van der Waals surface area contributed by atoms with Crippen LogP contribution < -0.4 is 5.32 Å². The molecule has 1 aromatic carbocycles. The van der Waals surface area contributed by atoms with Crippen molar-refractivity contribution in [3.8, 4) is 0 Å². The SMILES string of the molecule is N=C(C=CC(=S)CC=Cc1ccc(C=C2CCC[NH2+]CC2)cc1)SCC1CCCCCCC1. The van der Waals surface area contributed by atoms with Crippen LogP contribution in [-0.4, -0.2) is 28.8 Å². The molecule has 1 heterocycles. The van der Waals surface area contributed by atoms with Gasteiger partial charge in [-0.3, -0.25) is 5.41 Å². The molecule has 0 spiro atoms. The molecule has 3 rings (SSSR count). The molecule has 1 aromatic rings. The Bertz CT molecular complexity index is 818. The van der Waals surface area contributed by atoms with E-state index in [9.17, 15) is 0 Å². The lowest BCUT2D eigenvalue weighted by Gasteiger charge is -2.18. The van der Waals surface area contributed by atoms with Crippen molar-refractivity contribution in [3.05, 3.63) is 59.2 Å². The lowest BCUT2D eigenvalue weighted by atomic mass is 9.93. The topological polar surface area (TPSA) is 40.5 Å². The fourth-order valence-corrected chi connectivity index (χ4v) is 5.70. The summed E-state index contributed by atoms with van der Waals surface area (Å²) >= 11 is 7.19. The molecule has 1 saturated heterocycles. The van der Waals surface area contributed by atoms with Gasteiger partial charge in [0.25, 0.3) is 0 Å². The van der Waals surface area contributed by atoms with Crippen LogP contribution in [0.4, 0.5) is 0 Å². The Morgan fingerprint density at radius 3 is 2.45 bits per heavy atom. The van der Waals surface area contributed by atoms with Crippen molar-refractivity contribution in [2.75, 3.05) is 18.8 Å². The maximum Gasteiger partial charge on any atom is 0.0870 e. The van der Waals surface area contributed by atoms with Gasteiger partial charge in [0.1, 0.15) is 0 Å². The van der Waals surface area contributed by atoms with Gasteiger partial charge in [0.05, 0.1) is 18.1 Å². The third-order valence-electron chi connectivity index (χ3n) is 6.63. The van der Waals surface area contributed by atoms with Crippen LogP contribution in [-0.2, 0) is 0 Å². The van der Waals surface area contributed by atoms with E-state index in [0.29, 0.717) is 5.04 Å². The molecule has 3 N–H and O–H groups in total. The number of hydrogen-bond donors (Lipinski definition) is 2. The smallest absolute Gasteiger partial charge is 0.0870 e. The molecule has 0 bridgehead atoms. The van der Waals surface area contributed by atoms with E-state index in [1.54, 1.807) is 17.3 Å². The lowest BCUT2D eigenvalue weighted by Crippen LogP contribution is -2.83. The minimum Gasteiger partial charge on any atom is -0.346 e. The van der Waals surface area contributed by atoms with Crippen molar-refractivity contribution >= 4 is 46.0 Å². The highest BCUT2D eigenvalue weighted by Gasteiger charge is 2.12. The first-order valence-corrected chi connectivity index (χ1v) is 14.3. The zero-order chi connectivity index (χ0) is 23.1. The zero-order valence-corrected chi connectivity index (χ0v) is 21.7. The van der Waals surface area contributed by atoms with Crippen LogP contribution in [0.15, 0.2) is 48.1 Å². The molecule has 0 atom stereocenters. The van der Waals surface area contributed by atoms with Crippen LogP contribution in [0.5, 0.6) is 0 Å². The Labute approximate surface area is 210 Å². The van der Waals surface area contributed by atoms with E-state index in [1.165, 1.54) is 88.4 Å². The number of benzene rings is 1. The molecular formula is C29H41N2S2+. The lowest BCUT2D eigenvalue weighted by molar-refractivity contribution is -0.652. The summed E-state index contributed by atoms with van der Waals surface area (Å²) in [6.07, 6.45) is 24.6. The molecule has 2 nitrogen and oxygen atoms in total. The Hall–Kier alpha value is -1.49. The molecule has 1 aliphatic carbocycles. The second-order valence-corrected chi connectivity index (χ2v) is 11.1. The van der Waals surface area contributed by atoms with Gasteiger partial charge in [-0.05, 0) is 48.5 Å². The highest BCUT2D eigenvalue weighted by molar-refractivity contribution is 8.14. The summed E-state index contributed by atoms with van der Waals surface area (Å²) in [7, 11) is 0. The summed E-state index contributed by atoms with van der Waals surface area (Å²) in [6, 6.07) is 8.81. The van der Waals surface area contributed by atoms with Crippen LogP contribution in [0.2, 0.25) is 0 Å². The summed E-state index contributed by atoms with van der Waals surface area (Å²) in [5.41, 5.74) is 4.09. The van der Waals surface area contributed by atoms with Crippen molar-refractivity contribution in [2.45, 2.75) is 70.6 Å². The number of thiocarbonyl (C=S) groups is 1. The molecule has 0 unspecified atom stereocenters.